The minimum atomic E-state index is 0.197. The average Bonchev–Trinajstić information content (AvgIpc) is 2.31. The summed E-state index contributed by atoms with van der Waals surface area (Å²) in [4.78, 5) is 0. The van der Waals surface area contributed by atoms with Crippen LogP contribution in [0.4, 0.5) is 5.69 Å². The quantitative estimate of drug-likeness (QED) is 0.615. The van der Waals surface area contributed by atoms with Gasteiger partial charge in [0.2, 0.25) is 0 Å². The van der Waals surface area contributed by atoms with Crippen molar-refractivity contribution in [2.24, 2.45) is 3.68 Å². The maximum atomic E-state index is 9.04. The summed E-state index contributed by atoms with van der Waals surface area (Å²) < 4.78 is 3.95. The summed E-state index contributed by atoms with van der Waals surface area (Å²) >= 11 is 0.831. The van der Waals surface area contributed by atoms with E-state index in [2.05, 4.69) is 9.75 Å². The molecule has 0 amide bonds. The van der Waals surface area contributed by atoms with Crippen LogP contribution in [0, 0.1) is 6.07 Å². The first-order chi connectivity index (χ1) is 7.74. The Labute approximate surface area is 104 Å². The molecule has 4 heteroatoms. The van der Waals surface area contributed by atoms with Gasteiger partial charge in [-0.2, -0.15) is 18.2 Å². The summed E-state index contributed by atoms with van der Waals surface area (Å²) in [5.74, 6) is 0.464. The molecule has 0 spiro atoms. The van der Waals surface area contributed by atoms with Gasteiger partial charge in [-0.1, -0.05) is 0 Å². The Hall–Kier alpha value is -1.54. The first kappa shape index (κ1) is 12.5. The molecule has 0 aliphatic rings. The number of phenolic OH excluding ortho intramolecular Hbond substituents is 2. The fourth-order valence-corrected chi connectivity index (χ4v) is 1.54. The van der Waals surface area contributed by atoms with Gasteiger partial charge in [0.15, 0.2) is 0 Å². The number of hydrogen-bond donors (Lipinski definition) is 2. The van der Waals surface area contributed by atoms with Crippen molar-refractivity contribution in [3.8, 4) is 11.5 Å². The molecule has 2 aromatic rings. The second kappa shape index (κ2) is 6.86. The van der Waals surface area contributed by atoms with Crippen molar-refractivity contribution in [3.63, 3.8) is 0 Å². The molecule has 0 aliphatic carbocycles. The first-order valence-corrected chi connectivity index (χ1v) is 5.97. The standard InChI is InChI=1S/C6H5NO.C6H5O.Zn/c7-5-3-1-2-4-6(5)8;7-6-4-2-1-3-5-6;/h1-4,8H;1-4,7H;/q;-1;. The van der Waals surface area contributed by atoms with Gasteiger partial charge >= 0.3 is 62.6 Å². The van der Waals surface area contributed by atoms with Crippen LogP contribution in [-0.4, -0.2) is 10.2 Å². The molecule has 0 fully saturated rings. The van der Waals surface area contributed by atoms with Crippen molar-refractivity contribution >= 4 is 5.69 Å². The molecule has 0 atom stereocenters. The molecule has 2 aromatic carbocycles. The molecule has 16 heavy (non-hydrogen) atoms. The van der Waals surface area contributed by atoms with Crippen LogP contribution in [0.5, 0.6) is 11.5 Å². The zero-order valence-corrected chi connectivity index (χ0v) is 11.6. The van der Waals surface area contributed by atoms with Gasteiger partial charge in [0.1, 0.15) is 0 Å². The topological polar surface area (TPSA) is 52.8 Å². The Morgan fingerprint density at radius 1 is 1.00 bits per heavy atom. The van der Waals surface area contributed by atoms with Crippen LogP contribution < -0.4 is 0 Å². The van der Waals surface area contributed by atoms with Crippen molar-refractivity contribution < 1.29 is 28.3 Å². The summed E-state index contributed by atoms with van der Waals surface area (Å²) in [5, 5.41) is 17.6. The van der Waals surface area contributed by atoms with E-state index in [1.54, 1.807) is 42.5 Å². The molecular formula is C12H10NO2Zn-. The van der Waals surface area contributed by atoms with Crippen molar-refractivity contribution in [2.45, 2.75) is 0 Å². The van der Waals surface area contributed by atoms with Crippen molar-refractivity contribution in [1.29, 1.82) is 0 Å². The number of phenols is 2. The third-order valence-corrected chi connectivity index (χ3v) is 2.46. The van der Waals surface area contributed by atoms with Gasteiger partial charge in [-0.3, -0.25) is 0 Å². The Balaban J connectivity index is 0.000000165. The summed E-state index contributed by atoms with van der Waals surface area (Å²) in [6.07, 6.45) is 0. The third-order valence-electron chi connectivity index (χ3n) is 1.74. The van der Waals surface area contributed by atoms with E-state index in [9.17, 15) is 0 Å². The van der Waals surface area contributed by atoms with Gasteiger partial charge in [-0.15, -0.1) is 12.1 Å². The normalized spacial score (nSPS) is 8.88. The SMILES string of the molecule is Oc1[c-]cccc1.Oc1ccccc1[N]=[Zn]. The van der Waals surface area contributed by atoms with Gasteiger partial charge in [-0.25, -0.2) is 0 Å². The van der Waals surface area contributed by atoms with Crippen LogP contribution in [-0.2, 0) is 18.1 Å². The second-order valence-electron chi connectivity index (χ2n) is 2.89. The number of hydrogen-bond acceptors (Lipinski definition) is 3. The molecule has 2 N–H and O–H groups in total. The molecular weight excluding hydrogens is 256 g/mol. The number of para-hydroxylation sites is 2. The van der Waals surface area contributed by atoms with E-state index in [-0.39, 0.29) is 11.5 Å². The monoisotopic (exact) mass is 264 g/mol. The van der Waals surface area contributed by atoms with E-state index in [0.29, 0.717) is 5.69 Å². The number of aromatic hydroxyl groups is 2. The van der Waals surface area contributed by atoms with Gasteiger partial charge < -0.3 is 5.11 Å². The third kappa shape index (κ3) is 4.32. The van der Waals surface area contributed by atoms with Crippen LogP contribution in [0.2, 0.25) is 0 Å². The molecule has 3 nitrogen and oxygen atoms in total. The van der Waals surface area contributed by atoms with Gasteiger partial charge in [-0.05, 0) is 0 Å². The van der Waals surface area contributed by atoms with Crippen LogP contribution in [0.3, 0.4) is 0 Å². The fourth-order valence-electron chi connectivity index (χ4n) is 0.982. The Bertz CT molecular complexity index is 446. The van der Waals surface area contributed by atoms with Crippen molar-refractivity contribution in [2.75, 3.05) is 0 Å². The Morgan fingerprint density at radius 2 is 1.69 bits per heavy atom. The predicted octanol–water partition coefficient (Wildman–Crippen LogP) is 2.95. The van der Waals surface area contributed by atoms with E-state index in [0.717, 1.165) is 18.1 Å². The van der Waals surface area contributed by atoms with Crippen molar-refractivity contribution in [1.82, 2.24) is 0 Å². The molecule has 78 valence electrons. The number of rotatable bonds is 1. The summed E-state index contributed by atoms with van der Waals surface area (Å²) in [7, 11) is 0. The molecule has 0 bridgehead atoms. The molecule has 2 rings (SSSR count). The zero-order chi connectivity index (χ0) is 11.8. The molecule has 0 radical (unpaired) electrons. The molecule has 0 aliphatic heterocycles. The van der Waals surface area contributed by atoms with Crippen LogP contribution in [0.15, 0.2) is 52.2 Å². The summed E-state index contributed by atoms with van der Waals surface area (Å²) in [6.45, 7) is 0. The summed E-state index contributed by atoms with van der Waals surface area (Å²) in [6, 6.07) is 16.5. The average molecular weight is 266 g/mol. The van der Waals surface area contributed by atoms with Crippen LogP contribution in [0.1, 0.15) is 0 Å². The van der Waals surface area contributed by atoms with Crippen molar-refractivity contribution in [3.05, 3.63) is 54.6 Å². The number of nitrogens with zero attached hydrogens (tertiary/aromatic N) is 1. The molecule has 0 heterocycles. The fraction of sp³-hybridized carbons (Fsp3) is 0. The molecule has 0 saturated heterocycles. The summed E-state index contributed by atoms with van der Waals surface area (Å²) in [5.41, 5.74) is 0.692. The van der Waals surface area contributed by atoms with Gasteiger partial charge in [0.25, 0.3) is 0 Å². The van der Waals surface area contributed by atoms with Gasteiger partial charge in [0.05, 0.1) is 0 Å². The van der Waals surface area contributed by atoms with Crippen LogP contribution in [0.25, 0.3) is 0 Å². The molecule has 0 unspecified atom stereocenters. The van der Waals surface area contributed by atoms with E-state index in [1.165, 1.54) is 0 Å². The second-order valence-corrected chi connectivity index (χ2v) is 3.56. The van der Waals surface area contributed by atoms with E-state index < -0.39 is 0 Å². The maximum absolute atomic E-state index is 9.04. The Kier molecular flexibility index (Phi) is 5.37. The van der Waals surface area contributed by atoms with E-state index >= 15 is 0 Å². The Morgan fingerprint density at radius 3 is 2.06 bits per heavy atom. The zero-order valence-electron chi connectivity index (χ0n) is 8.67. The van der Waals surface area contributed by atoms with E-state index in [4.69, 9.17) is 10.2 Å². The molecule has 0 aromatic heterocycles. The van der Waals surface area contributed by atoms with E-state index in [1.807, 2.05) is 6.07 Å². The number of benzene rings is 2. The van der Waals surface area contributed by atoms with Gasteiger partial charge in [0, 0.05) is 5.75 Å². The predicted molar refractivity (Wildman–Crippen MR) is 57.1 cm³/mol. The first-order valence-electron chi connectivity index (χ1n) is 4.64. The molecule has 0 saturated carbocycles. The van der Waals surface area contributed by atoms with Crippen LogP contribution >= 0.6 is 0 Å². The minimum absolute atomic E-state index is 0.197.